The van der Waals surface area contributed by atoms with Gasteiger partial charge < -0.3 is 20.7 Å². The van der Waals surface area contributed by atoms with E-state index < -0.39 is 23.8 Å². The first-order valence-electron chi connectivity index (χ1n) is 12.3. The lowest BCUT2D eigenvalue weighted by Gasteiger charge is -2.18. The Labute approximate surface area is 238 Å². The zero-order valence-corrected chi connectivity index (χ0v) is 22.9. The molecular weight excluding hydrogens is 559 g/mol. The zero-order valence-electron chi connectivity index (χ0n) is 22.0. The van der Waals surface area contributed by atoms with Crippen LogP contribution in [0.2, 0.25) is 0 Å². The Hall–Kier alpha value is -4.52. The Morgan fingerprint density at radius 2 is 1.63 bits per heavy atom. The highest BCUT2D eigenvalue weighted by atomic mass is 32.2. The van der Waals surface area contributed by atoms with E-state index in [1.807, 2.05) is 6.92 Å². The number of amidine groups is 1. The lowest BCUT2D eigenvalue weighted by atomic mass is 10.1. The number of hydrogen-bond acceptors (Lipinski definition) is 5. The van der Waals surface area contributed by atoms with Crippen molar-refractivity contribution in [1.29, 1.82) is 0 Å². The first-order valence-corrected chi connectivity index (χ1v) is 13.3. The molecule has 9 nitrogen and oxygen atoms in total. The number of aryl methyl sites for hydroxylation is 1. The molecule has 5 amide bonds. The molecule has 0 saturated carbocycles. The Kier molecular flexibility index (Phi) is 9.17. The van der Waals surface area contributed by atoms with Gasteiger partial charge in [0.2, 0.25) is 5.91 Å². The molecule has 1 fully saturated rings. The maximum Gasteiger partial charge on any atom is 0.416 e. The van der Waals surface area contributed by atoms with Crippen molar-refractivity contribution in [2.24, 2.45) is 4.99 Å². The zero-order chi connectivity index (χ0) is 29.6. The molecule has 13 heteroatoms. The van der Waals surface area contributed by atoms with E-state index in [0.717, 1.165) is 23.3 Å². The number of rotatable bonds is 7. The number of alkyl halides is 3. The van der Waals surface area contributed by atoms with Crippen molar-refractivity contribution in [3.8, 4) is 5.75 Å². The fourth-order valence-corrected chi connectivity index (χ4v) is 4.78. The van der Waals surface area contributed by atoms with E-state index in [2.05, 4.69) is 20.9 Å². The highest BCUT2D eigenvalue weighted by Crippen LogP contribution is 2.32. The van der Waals surface area contributed by atoms with Crippen LogP contribution in [0.1, 0.15) is 16.7 Å². The lowest BCUT2D eigenvalue weighted by Crippen LogP contribution is -2.32. The van der Waals surface area contributed by atoms with Crippen LogP contribution in [0, 0.1) is 6.92 Å². The van der Waals surface area contributed by atoms with E-state index >= 15 is 0 Å². The van der Waals surface area contributed by atoms with E-state index in [4.69, 9.17) is 4.74 Å². The van der Waals surface area contributed by atoms with Gasteiger partial charge in [0.05, 0.1) is 24.1 Å². The number of carbonyl (C=O) groups excluding carboxylic acids is 3. The number of nitrogens with one attached hydrogen (secondary N) is 3. The van der Waals surface area contributed by atoms with Crippen LogP contribution in [0.3, 0.4) is 0 Å². The smallest absolute Gasteiger partial charge is 0.416 e. The normalized spacial score (nSPS) is 14.2. The maximum atomic E-state index is 12.7. The van der Waals surface area contributed by atoms with Crippen molar-refractivity contribution in [2.45, 2.75) is 19.5 Å². The highest BCUT2D eigenvalue weighted by molar-refractivity contribution is 8.15. The number of nitrogens with zero attached hydrogens (tertiary/aromatic N) is 2. The molecule has 0 atom stereocenters. The summed E-state index contributed by atoms with van der Waals surface area (Å²) in [6, 6.07) is 15.1. The van der Waals surface area contributed by atoms with Gasteiger partial charge in [0.15, 0.2) is 5.17 Å². The van der Waals surface area contributed by atoms with Crippen LogP contribution in [-0.4, -0.2) is 42.5 Å². The summed E-state index contributed by atoms with van der Waals surface area (Å²) in [6.45, 7) is 2.13. The minimum absolute atomic E-state index is 0.170. The van der Waals surface area contributed by atoms with Gasteiger partial charge in [0.25, 0.3) is 0 Å². The predicted octanol–water partition coefficient (Wildman–Crippen LogP) is 6.05. The number of benzene rings is 3. The second-order valence-corrected chi connectivity index (χ2v) is 9.84. The van der Waals surface area contributed by atoms with Crippen LogP contribution in [0.15, 0.2) is 71.7 Å². The summed E-state index contributed by atoms with van der Waals surface area (Å²) in [6.07, 6.45) is -3.96. The number of thioether (sulfide) groups is 1. The van der Waals surface area contributed by atoms with Gasteiger partial charge in [-0.1, -0.05) is 23.9 Å². The molecular formula is C28H26F3N5O4S. The van der Waals surface area contributed by atoms with Gasteiger partial charge in [-0.15, -0.1) is 0 Å². The molecule has 0 spiro atoms. The lowest BCUT2D eigenvalue weighted by molar-refractivity contribution is -0.137. The summed E-state index contributed by atoms with van der Waals surface area (Å²) in [7, 11) is 1.56. The maximum absolute atomic E-state index is 12.7. The van der Waals surface area contributed by atoms with Crippen molar-refractivity contribution in [3.63, 3.8) is 0 Å². The summed E-state index contributed by atoms with van der Waals surface area (Å²) in [4.78, 5) is 42.7. The number of urea groups is 2. The van der Waals surface area contributed by atoms with E-state index in [0.29, 0.717) is 28.7 Å². The molecule has 0 aliphatic carbocycles. The van der Waals surface area contributed by atoms with Gasteiger partial charge in [-0.25, -0.2) is 9.59 Å². The van der Waals surface area contributed by atoms with Crippen LogP contribution in [0.5, 0.6) is 5.75 Å². The number of ether oxygens (including phenoxy) is 1. The SMILES string of the molecule is COc1ccc(N2C(=O)CSC2=NC(=O)NCCc2ccc(NC(=O)Nc3ccc(C(F)(F)F)cc3)cc2)c(C)c1. The van der Waals surface area contributed by atoms with Crippen LogP contribution in [-0.2, 0) is 17.4 Å². The molecule has 1 saturated heterocycles. The molecule has 0 unspecified atom stereocenters. The quantitative estimate of drug-likeness (QED) is 0.312. The second kappa shape index (κ2) is 12.8. The molecule has 0 aromatic heterocycles. The molecule has 214 valence electrons. The van der Waals surface area contributed by atoms with Crippen LogP contribution >= 0.6 is 11.8 Å². The summed E-state index contributed by atoms with van der Waals surface area (Å²) < 4.78 is 43.2. The third-order valence-corrected chi connectivity index (χ3v) is 6.90. The molecule has 3 aromatic carbocycles. The number of aliphatic imine (C=N–C) groups is 1. The topological polar surface area (TPSA) is 112 Å². The summed E-state index contributed by atoms with van der Waals surface area (Å²) in [5.41, 5.74) is 2.21. The fourth-order valence-electron chi connectivity index (χ4n) is 3.92. The van der Waals surface area contributed by atoms with Gasteiger partial charge in [-0.3, -0.25) is 9.69 Å². The average Bonchev–Trinajstić information content (AvgIpc) is 3.28. The Balaban J connectivity index is 1.26. The number of carbonyl (C=O) groups is 3. The van der Waals surface area contributed by atoms with E-state index in [-0.39, 0.29) is 23.9 Å². The largest absolute Gasteiger partial charge is 0.497 e. The number of anilines is 3. The molecule has 0 radical (unpaired) electrons. The minimum Gasteiger partial charge on any atom is -0.497 e. The standard InChI is InChI=1S/C28H26F3N5O4S/c1-17-15-22(40-2)11-12-23(17)36-24(37)16-41-27(36)35-25(38)32-14-13-18-3-7-20(8-4-18)33-26(39)34-21-9-5-19(6-10-21)28(29,30)31/h3-12,15H,13-14,16H2,1-2H3,(H,32,38)(H2,33,34,39). The van der Waals surface area contributed by atoms with Gasteiger partial charge >= 0.3 is 18.2 Å². The first kappa shape index (κ1) is 29.5. The van der Waals surface area contributed by atoms with Crippen LogP contribution in [0.25, 0.3) is 0 Å². The predicted molar refractivity (Wildman–Crippen MR) is 153 cm³/mol. The fraction of sp³-hybridized carbons (Fsp3) is 0.214. The van der Waals surface area contributed by atoms with Crippen LogP contribution < -0.4 is 25.6 Å². The third-order valence-electron chi connectivity index (χ3n) is 5.98. The van der Waals surface area contributed by atoms with Crippen molar-refractivity contribution in [2.75, 3.05) is 34.9 Å². The molecule has 1 aliphatic rings. The number of amides is 5. The van der Waals surface area contributed by atoms with E-state index in [1.54, 1.807) is 49.6 Å². The number of hydrogen-bond donors (Lipinski definition) is 3. The first-order chi connectivity index (χ1) is 19.5. The molecule has 3 N–H and O–H groups in total. The number of methoxy groups -OCH3 is 1. The van der Waals surface area contributed by atoms with Gasteiger partial charge in [0, 0.05) is 17.9 Å². The molecule has 3 aromatic rings. The molecule has 4 rings (SSSR count). The Morgan fingerprint density at radius 3 is 2.22 bits per heavy atom. The molecule has 41 heavy (non-hydrogen) atoms. The van der Waals surface area contributed by atoms with Crippen molar-refractivity contribution < 1.29 is 32.3 Å². The second-order valence-electron chi connectivity index (χ2n) is 8.90. The van der Waals surface area contributed by atoms with Crippen molar-refractivity contribution >= 4 is 52.0 Å². The third kappa shape index (κ3) is 7.78. The Morgan fingerprint density at radius 1 is 1.00 bits per heavy atom. The van der Waals surface area contributed by atoms with Crippen LogP contribution in [0.4, 0.5) is 39.8 Å². The summed E-state index contributed by atoms with van der Waals surface area (Å²) >= 11 is 1.19. The summed E-state index contributed by atoms with van der Waals surface area (Å²) in [5.74, 6) is 0.670. The molecule has 0 bridgehead atoms. The monoisotopic (exact) mass is 585 g/mol. The number of halogens is 3. The average molecular weight is 586 g/mol. The van der Waals surface area contributed by atoms with E-state index in [1.165, 1.54) is 28.8 Å². The Bertz CT molecular complexity index is 1460. The molecule has 1 heterocycles. The van der Waals surface area contributed by atoms with Gasteiger partial charge in [-0.05, 0) is 79.1 Å². The minimum atomic E-state index is -4.45. The van der Waals surface area contributed by atoms with Crippen molar-refractivity contribution in [1.82, 2.24) is 5.32 Å². The summed E-state index contributed by atoms with van der Waals surface area (Å²) in [5, 5.41) is 8.10. The van der Waals surface area contributed by atoms with E-state index in [9.17, 15) is 27.6 Å². The highest BCUT2D eigenvalue weighted by Gasteiger charge is 2.32. The van der Waals surface area contributed by atoms with Crippen molar-refractivity contribution in [3.05, 3.63) is 83.4 Å². The van der Waals surface area contributed by atoms with Gasteiger partial charge in [0.1, 0.15) is 5.75 Å². The van der Waals surface area contributed by atoms with Gasteiger partial charge in [-0.2, -0.15) is 18.2 Å². The molecule has 1 aliphatic heterocycles.